The molecule has 0 aliphatic carbocycles. The molecule has 4 heteroatoms. The molecule has 2 aromatic carbocycles. The maximum Gasteiger partial charge on any atom is 0.115 e. The van der Waals surface area contributed by atoms with Gasteiger partial charge in [-0.15, -0.1) is 0 Å². The fourth-order valence-electron chi connectivity index (χ4n) is 2.22. The van der Waals surface area contributed by atoms with Gasteiger partial charge in [-0.3, -0.25) is 4.68 Å². The van der Waals surface area contributed by atoms with Crippen molar-refractivity contribution in [2.24, 2.45) is 7.05 Å². The van der Waals surface area contributed by atoms with Crippen molar-refractivity contribution < 1.29 is 5.11 Å². The monoisotopic (exact) mass is 239 g/mol. The lowest BCUT2D eigenvalue weighted by atomic mass is 10.1. The molecule has 0 aliphatic rings. The second-order valence-corrected chi connectivity index (χ2v) is 4.26. The van der Waals surface area contributed by atoms with Crippen molar-refractivity contribution in [3.05, 3.63) is 42.5 Å². The van der Waals surface area contributed by atoms with Gasteiger partial charge in [-0.05, 0) is 36.4 Å². The molecule has 1 heterocycles. The molecule has 0 atom stereocenters. The Morgan fingerprint density at radius 2 is 1.83 bits per heavy atom. The van der Waals surface area contributed by atoms with Gasteiger partial charge in [0.2, 0.25) is 0 Å². The lowest BCUT2D eigenvalue weighted by molar-refractivity contribution is 0.475. The SMILES string of the molecule is Cn1nc2cccc(N)c2c1-c1ccc(O)cc1. The number of nitrogens with two attached hydrogens (primary N) is 1. The standard InChI is InChI=1S/C14H13N3O/c1-17-14(9-5-7-10(18)8-6-9)13-11(15)3-2-4-12(13)16-17/h2-8,18H,15H2,1H3. The number of benzene rings is 2. The van der Waals surface area contributed by atoms with Gasteiger partial charge in [-0.1, -0.05) is 6.07 Å². The number of nitrogen functional groups attached to an aromatic ring is 1. The molecule has 0 fully saturated rings. The minimum atomic E-state index is 0.248. The fraction of sp³-hybridized carbons (Fsp3) is 0.0714. The van der Waals surface area contributed by atoms with Crippen molar-refractivity contribution >= 4 is 16.6 Å². The Balaban J connectivity index is 2.34. The molecule has 18 heavy (non-hydrogen) atoms. The van der Waals surface area contributed by atoms with Crippen LogP contribution in [0.4, 0.5) is 5.69 Å². The van der Waals surface area contributed by atoms with Gasteiger partial charge >= 0.3 is 0 Å². The highest BCUT2D eigenvalue weighted by atomic mass is 16.3. The Kier molecular flexibility index (Phi) is 2.23. The van der Waals surface area contributed by atoms with Crippen LogP contribution in [0.3, 0.4) is 0 Å². The number of aromatic hydroxyl groups is 1. The molecule has 0 saturated heterocycles. The van der Waals surface area contributed by atoms with E-state index in [2.05, 4.69) is 5.10 Å². The number of hydrogen-bond acceptors (Lipinski definition) is 3. The van der Waals surface area contributed by atoms with Crippen LogP contribution in [0.2, 0.25) is 0 Å². The quantitative estimate of drug-likeness (QED) is 0.641. The highest BCUT2D eigenvalue weighted by Crippen LogP contribution is 2.32. The molecule has 0 saturated carbocycles. The molecule has 1 aromatic heterocycles. The summed E-state index contributed by atoms with van der Waals surface area (Å²) in [5, 5.41) is 14.7. The highest BCUT2D eigenvalue weighted by Gasteiger charge is 2.13. The van der Waals surface area contributed by atoms with Crippen LogP contribution in [-0.2, 0) is 7.05 Å². The summed E-state index contributed by atoms with van der Waals surface area (Å²) in [6.07, 6.45) is 0. The molecular formula is C14H13N3O. The summed E-state index contributed by atoms with van der Waals surface area (Å²) in [6.45, 7) is 0. The van der Waals surface area contributed by atoms with Gasteiger partial charge in [0, 0.05) is 18.3 Å². The molecule has 3 N–H and O–H groups in total. The predicted octanol–water partition coefficient (Wildman–Crippen LogP) is 2.53. The molecule has 0 bridgehead atoms. The van der Waals surface area contributed by atoms with Crippen molar-refractivity contribution in [1.29, 1.82) is 0 Å². The second-order valence-electron chi connectivity index (χ2n) is 4.26. The van der Waals surface area contributed by atoms with Gasteiger partial charge in [-0.2, -0.15) is 5.10 Å². The fourth-order valence-corrected chi connectivity index (χ4v) is 2.22. The Labute approximate surface area is 104 Å². The minimum Gasteiger partial charge on any atom is -0.508 e. The van der Waals surface area contributed by atoms with Crippen molar-refractivity contribution in [1.82, 2.24) is 9.78 Å². The highest BCUT2D eigenvalue weighted by molar-refractivity contribution is 6.01. The summed E-state index contributed by atoms with van der Waals surface area (Å²) < 4.78 is 1.81. The minimum absolute atomic E-state index is 0.248. The van der Waals surface area contributed by atoms with Crippen molar-refractivity contribution in [2.75, 3.05) is 5.73 Å². The Bertz CT molecular complexity index is 714. The molecule has 4 nitrogen and oxygen atoms in total. The van der Waals surface area contributed by atoms with Gasteiger partial charge < -0.3 is 10.8 Å². The number of rotatable bonds is 1. The zero-order valence-electron chi connectivity index (χ0n) is 9.96. The van der Waals surface area contributed by atoms with Crippen molar-refractivity contribution in [3.63, 3.8) is 0 Å². The zero-order valence-corrected chi connectivity index (χ0v) is 9.96. The third-order valence-electron chi connectivity index (χ3n) is 3.03. The molecule has 0 radical (unpaired) electrons. The summed E-state index contributed by atoms with van der Waals surface area (Å²) in [5.41, 5.74) is 9.57. The first-order valence-corrected chi connectivity index (χ1v) is 5.67. The summed E-state index contributed by atoms with van der Waals surface area (Å²) in [6, 6.07) is 12.7. The lowest BCUT2D eigenvalue weighted by Crippen LogP contribution is -1.94. The van der Waals surface area contributed by atoms with Gasteiger partial charge in [0.25, 0.3) is 0 Å². The number of phenols is 1. The van der Waals surface area contributed by atoms with E-state index in [0.717, 1.165) is 22.2 Å². The number of aromatic nitrogens is 2. The van der Waals surface area contributed by atoms with Crippen LogP contribution in [-0.4, -0.2) is 14.9 Å². The Hall–Kier alpha value is -2.49. The average molecular weight is 239 g/mol. The molecule has 0 amide bonds. The van der Waals surface area contributed by atoms with Gasteiger partial charge in [0.1, 0.15) is 5.75 Å². The summed E-state index contributed by atoms with van der Waals surface area (Å²) >= 11 is 0. The third-order valence-corrected chi connectivity index (χ3v) is 3.03. The smallest absolute Gasteiger partial charge is 0.115 e. The molecule has 3 aromatic rings. The third kappa shape index (κ3) is 1.50. The van der Waals surface area contributed by atoms with Crippen LogP contribution >= 0.6 is 0 Å². The summed E-state index contributed by atoms with van der Waals surface area (Å²) in [7, 11) is 1.89. The van der Waals surface area contributed by atoms with E-state index in [-0.39, 0.29) is 5.75 Å². The number of anilines is 1. The van der Waals surface area contributed by atoms with E-state index in [0.29, 0.717) is 5.69 Å². The van der Waals surface area contributed by atoms with Crippen LogP contribution < -0.4 is 5.73 Å². The summed E-state index contributed by atoms with van der Waals surface area (Å²) in [5.74, 6) is 0.248. The van der Waals surface area contributed by atoms with E-state index in [1.54, 1.807) is 12.1 Å². The van der Waals surface area contributed by atoms with Crippen molar-refractivity contribution in [2.45, 2.75) is 0 Å². The predicted molar refractivity (Wildman–Crippen MR) is 72.2 cm³/mol. The van der Waals surface area contributed by atoms with E-state index in [9.17, 15) is 5.11 Å². The number of hydrogen-bond donors (Lipinski definition) is 2. The van der Waals surface area contributed by atoms with Crippen LogP contribution in [0.1, 0.15) is 0 Å². The van der Waals surface area contributed by atoms with Crippen LogP contribution in [0.25, 0.3) is 22.2 Å². The van der Waals surface area contributed by atoms with Gasteiger partial charge in [0.05, 0.1) is 16.6 Å². The van der Waals surface area contributed by atoms with E-state index in [1.165, 1.54) is 0 Å². The topological polar surface area (TPSA) is 64.1 Å². The molecule has 3 rings (SSSR count). The number of fused-ring (bicyclic) bond motifs is 1. The van der Waals surface area contributed by atoms with Crippen molar-refractivity contribution in [3.8, 4) is 17.0 Å². The normalized spacial score (nSPS) is 10.9. The molecule has 90 valence electrons. The first-order valence-electron chi connectivity index (χ1n) is 5.67. The Morgan fingerprint density at radius 3 is 2.56 bits per heavy atom. The maximum atomic E-state index is 9.34. The van der Waals surface area contributed by atoms with Crippen LogP contribution in [0.15, 0.2) is 42.5 Å². The van der Waals surface area contributed by atoms with E-state index < -0.39 is 0 Å². The van der Waals surface area contributed by atoms with Crippen LogP contribution in [0, 0.1) is 0 Å². The largest absolute Gasteiger partial charge is 0.508 e. The Morgan fingerprint density at radius 1 is 1.11 bits per heavy atom. The van der Waals surface area contributed by atoms with E-state index in [4.69, 9.17) is 5.73 Å². The number of aryl methyl sites for hydroxylation is 1. The molecule has 0 spiro atoms. The molecule has 0 unspecified atom stereocenters. The van der Waals surface area contributed by atoms with E-state index >= 15 is 0 Å². The zero-order chi connectivity index (χ0) is 12.7. The molecular weight excluding hydrogens is 226 g/mol. The maximum absolute atomic E-state index is 9.34. The number of phenolic OH excluding ortho intramolecular Hbond substituents is 1. The van der Waals surface area contributed by atoms with Crippen LogP contribution in [0.5, 0.6) is 5.75 Å². The molecule has 0 aliphatic heterocycles. The lowest BCUT2D eigenvalue weighted by Gasteiger charge is -2.04. The number of nitrogens with zero attached hydrogens (tertiary/aromatic N) is 2. The first kappa shape index (κ1) is 10.7. The van der Waals surface area contributed by atoms with Gasteiger partial charge in [-0.25, -0.2) is 0 Å². The van der Waals surface area contributed by atoms with E-state index in [1.807, 2.05) is 42.1 Å². The first-order chi connectivity index (χ1) is 8.66. The summed E-state index contributed by atoms with van der Waals surface area (Å²) in [4.78, 5) is 0. The second kappa shape index (κ2) is 3.77. The average Bonchev–Trinajstić information content (AvgIpc) is 2.68. The van der Waals surface area contributed by atoms with Gasteiger partial charge in [0.15, 0.2) is 0 Å².